The van der Waals surface area contributed by atoms with E-state index in [4.69, 9.17) is 0 Å². The molecule has 0 radical (unpaired) electrons. The molecule has 1 amide bonds. The van der Waals surface area contributed by atoms with Gasteiger partial charge in [0.05, 0.1) is 5.56 Å². The van der Waals surface area contributed by atoms with Gasteiger partial charge >= 0.3 is 0 Å². The number of carbonyl (C=O) groups is 1. The summed E-state index contributed by atoms with van der Waals surface area (Å²) >= 11 is 0.936. The lowest BCUT2D eigenvalue weighted by Gasteiger charge is -2.02. The largest absolute Gasteiger partial charge is 0.366 e. The molecule has 116 valence electrons. The van der Waals surface area contributed by atoms with Crippen molar-refractivity contribution in [2.45, 2.75) is 0 Å². The van der Waals surface area contributed by atoms with E-state index in [-0.39, 0.29) is 27.4 Å². The number of anilines is 1. The Morgan fingerprint density at radius 3 is 2.65 bits per heavy atom. The highest BCUT2D eigenvalue weighted by Gasteiger charge is 2.18. The first-order chi connectivity index (χ1) is 11.1. The summed E-state index contributed by atoms with van der Waals surface area (Å²) in [6.45, 7) is 0. The van der Waals surface area contributed by atoms with Crippen molar-refractivity contribution in [1.82, 2.24) is 9.97 Å². The molecule has 0 saturated carbocycles. The van der Waals surface area contributed by atoms with Gasteiger partial charge in [-0.15, -0.1) is 11.3 Å². The number of thiazole rings is 1. The monoisotopic (exact) mass is 333 g/mol. The second-order valence-electron chi connectivity index (χ2n) is 4.51. The number of nitrogens with zero attached hydrogens (tertiary/aromatic N) is 1. The van der Waals surface area contributed by atoms with Crippen LogP contribution in [0.2, 0.25) is 0 Å². The molecule has 3 rings (SSSR count). The van der Waals surface area contributed by atoms with Crippen molar-refractivity contribution in [2.24, 2.45) is 0 Å². The van der Waals surface area contributed by atoms with Crippen LogP contribution in [0.3, 0.4) is 0 Å². The number of aromatic nitrogens is 2. The molecule has 5 nitrogen and oxygen atoms in total. The summed E-state index contributed by atoms with van der Waals surface area (Å²) < 4.78 is 27.5. The average molecular weight is 333 g/mol. The van der Waals surface area contributed by atoms with Crippen LogP contribution >= 0.6 is 11.3 Å². The van der Waals surface area contributed by atoms with E-state index in [1.165, 1.54) is 29.9 Å². The SMILES string of the molecule is O=C(Nc1c[nH]ccc1=O)c1csc(-c2c(F)cccc2F)n1. The zero-order valence-electron chi connectivity index (χ0n) is 11.5. The standard InChI is InChI=1S/C15H9F2N3O2S/c16-8-2-1-3-9(17)13(8)15-20-11(7-23-15)14(22)19-10-6-18-5-4-12(10)21/h1-7H,(H,18,21)(H,19,22). The number of nitrogens with one attached hydrogen (secondary N) is 2. The Hall–Kier alpha value is -2.87. The lowest BCUT2D eigenvalue weighted by Crippen LogP contribution is -2.18. The van der Waals surface area contributed by atoms with Crippen LogP contribution in [0.25, 0.3) is 10.6 Å². The molecule has 0 fully saturated rings. The number of pyridine rings is 1. The molecule has 0 aliphatic heterocycles. The molecule has 0 aliphatic carbocycles. The Kier molecular flexibility index (Phi) is 3.98. The van der Waals surface area contributed by atoms with Crippen LogP contribution in [0.5, 0.6) is 0 Å². The molecule has 0 saturated heterocycles. The number of carbonyl (C=O) groups excluding carboxylic acids is 1. The lowest BCUT2D eigenvalue weighted by atomic mass is 10.2. The van der Waals surface area contributed by atoms with E-state index in [1.807, 2.05) is 0 Å². The van der Waals surface area contributed by atoms with Gasteiger partial charge in [-0.1, -0.05) is 6.07 Å². The van der Waals surface area contributed by atoms with Crippen LogP contribution in [0.15, 0.2) is 46.8 Å². The summed E-state index contributed by atoms with van der Waals surface area (Å²) in [6.07, 6.45) is 2.77. The second-order valence-corrected chi connectivity index (χ2v) is 5.37. The molecule has 3 aromatic rings. The van der Waals surface area contributed by atoms with Gasteiger partial charge in [0.25, 0.3) is 5.91 Å². The molecule has 2 heterocycles. The van der Waals surface area contributed by atoms with E-state index >= 15 is 0 Å². The highest BCUT2D eigenvalue weighted by Crippen LogP contribution is 2.28. The maximum atomic E-state index is 13.7. The van der Waals surface area contributed by atoms with Crippen LogP contribution in [0, 0.1) is 11.6 Å². The zero-order chi connectivity index (χ0) is 16.4. The Balaban J connectivity index is 1.89. The first-order valence-corrected chi connectivity index (χ1v) is 7.32. The fourth-order valence-corrected chi connectivity index (χ4v) is 2.74. The Morgan fingerprint density at radius 1 is 1.22 bits per heavy atom. The number of hydrogen-bond acceptors (Lipinski definition) is 4. The molecule has 2 N–H and O–H groups in total. The van der Waals surface area contributed by atoms with Crippen LogP contribution in [-0.4, -0.2) is 15.9 Å². The summed E-state index contributed by atoms with van der Waals surface area (Å²) in [5, 5.41) is 3.81. The summed E-state index contributed by atoms with van der Waals surface area (Å²) in [4.78, 5) is 30.2. The van der Waals surface area contributed by atoms with Crippen LogP contribution in [0.4, 0.5) is 14.5 Å². The minimum absolute atomic E-state index is 0.0316. The molecule has 8 heteroatoms. The molecule has 23 heavy (non-hydrogen) atoms. The normalized spacial score (nSPS) is 10.5. The third kappa shape index (κ3) is 3.02. The molecular weight excluding hydrogens is 324 g/mol. The first-order valence-electron chi connectivity index (χ1n) is 6.44. The molecule has 2 aromatic heterocycles. The summed E-state index contributed by atoms with van der Waals surface area (Å²) in [5.41, 5.74) is -0.623. The molecule has 0 spiro atoms. The Bertz CT molecular complexity index is 916. The highest BCUT2D eigenvalue weighted by molar-refractivity contribution is 7.13. The van der Waals surface area contributed by atoms with Crippen molar-refractivity contribution in [3.8, 4) is 10.6 Å². The molecule has 0 unspecified atom stereocenters. The van der Waals surface area contributed by atoms with E-state index in [2.05, 4.69) is 15.3 Å². The zero-order valence-corrected chi connectivity index (χ0v) is 12.3. The van der Waals surface area contributed by atoms with Crippen molar-refractivity contribution in [3.63, 3.8) is 0 Å². The molecule has 0 bridgehead atoms. The van der Waals surface area contributed by atoms with Gasteiger partial charge in [-0.2, -0.15) is 0 Å². The molecule has 0 atom stereocenters. The highest BCUT2D eigenvalue weighted by atomic mass is 32.1. The van der Waals surface area contributed by atoms with Gasteiger partial charge in [0, 0.05) is 23.8 Å². The number of halogens is 2. The summed E-state index contributed by atoms with van der Waals surface area (Å²) in [7, 11) is 0. The van der Waals surface area contributed by atoms with E-state index < -0.39 is 17.5 Å². The third-order valence-electron chi connectivity index (χ3n) is 2.99. The Morgan fingerprint density at radius 2 is 1.96 bits per heavy atom. The van der Waals surface area contributed by atoms with Crippen molar-refractivity contribution in [1.29, 1.82) is 0 Å². The van der Waals surface area contributed by atoms with E-state index in [9.17, 15) is 18.4 Å². The lowest BCUT2D eigenvalue weighted by molar-refractivity contribution is 0.102. The van der Waals surface area contributed by atoms with Crippen LogP contribution in [-0.2, 0) is 0 Å². The van der Waals surface area contributed by atoms with Crippen molar-refractivity contribution in [2.75, 3.05) is 5.32 Å². The topological polar surface area (TPSA) is 74.8 Å². The number of aromatic amines is 1. The maximum absolute atomic E-state index is 13.7. The molecule has 0 aliphatic rings. The van der Waals surface area contributed by atoms with Crippen molar-refractivity contribution in [3.05, 3.63) is 69.6 Å². The fourth-order valence-electron chi connectivity index (χ4n) is 1.90. The molecule has 1 aromatic carbocycles. The minimum Gasteiger partial charge on any atom is -0.366 e. The van der Waals surface area contributed by atoms with Gasteiger partial charge in [0.1, 0.15) is 28.0 Å². The smallest absolute Gasteiger partial charge is 0.275 e. The van der Waals surface area contributed by atoms with Gasteiger partial charge in [0.15, 0.2) is 0 Å². The van der Waals surface area contributed by atoms with Gasteiger partial charge in [-0.3, -0.25) is 9.59 Å². The predicted octanol–water partition coefficient (Wildman–Crippen LogP) is 3.03. The second kappa shape index (κ2) is 6.09. The van der Waals surface area contributed by atoms with Crippen molar-refractivity contribution >= 4 is 22.9 Å². The number of amides is 1. The van der Waals surface area contributed by atoms with Gasteiger partial charge in [-0.05, 0) is 12.1 Å². The third-order valence-corrected chi connectivity index (χ3v) is 3.85. The molecular formula is C15H9F2N3O2S. The van der Waals surface area contributed by atoms with Gasteiger partial charge in [-0.25, -0.2) is 13.8 Å². The predicted molar refractivity (Wildman–Crippen MR) is 82.5 cm³/mol. The summed E-state index contributed by atoms with van der Waals surface area (Å²) in [5.74, 6) is -2.16. The maximum Gasteiger partial charge on any atom is 0.275 e. The van der Waals surface area contributed by atoms with Crippen LogP contribution < -0.4 is 10.7 Å². The Labute approximate surface area is 132 Å². The van der Waals surface area contributed by atoms with Crippen LogP contribution in [0.1, 0.15) is 10.5 Å². The van der Waals surface area contributed by atoms with E-state index in [0.717, 1.165) is 23.5 Å². The quantitative estimate of drug-likeness (QED) is 0.774. The average Bonchev–Trinajstić information content (AvgIpc) is 2.99. The van der Waals surface area contributed by atoms with Gasteiger partial charge < -0.3 is 10.3 Å². The van der Waals surface area contributed by atoms with Crippen molar-refractivity contribution < 1.29 is 13.6 Å². The minimum atomic E-state index is -0.759. The van der Waals surface area contributed by atoms with Gasteiger partial charge in [0.2, 0.25) is 5.43 Å². The summed E-state index contributed by atoms with van der Waals surface area (Å²) in [6, 6.07) is 4.74. The fraction of sp³-hybridized carbons (Fsp3) is 0. The number of benzene rings is 1. The van der Waals surface area contributed by atoms with E-state index in [0.29, 0.717) is 0 Å². The number of hydrogen-bond donors (Lipinski definition) is 2. The van der Waals surface area contributed by atoms with E-state index in [1.54, 1.807) is 0 Å². The number of rotatable bonds is 3. The number of H-pyrrole nitrogens is 1. The first kappa shape index (κ1) is 15.0.